The Labute approximate surface area is 149 Å². The van der Waals surface area contributed by atoms with Gasteiger partial charge in [0, 0.05) is 40.8 Å². The summed E-state index contributed by atoms with van der Waals surface area (Å²) in [6.07, 6.45) is 3.80. The van der Waals surface area contributed by atoms with Crippen LogP contribution < -0.4 is 0 Å². The van der Waals surface area contributed by atoms with Crippen LogP contribution in [-0.4, -0.2) is 27.5 Å². The Morgan fingerprint density at radius 3 is 2.39 bits per heavy atom. The highest BCUT2D eigenvalue weighted by Gasteiger charge is 2.20. The van der Waals surface area contributed by atoms with Crippen LogP contribution in [0.5, 0.6) is 0 Å². The quantitative estimate of drug-likeness (QED) is 0.689. The van der Waals surface area contributed by atoms with Crippen LogP contribution in [0.25, 0.3) is 5.69 Å². The van der Waals surface area contributed by atoms with Gasteiger partial charge in [-0.15, -0.1) is 0 Å². The maximum atomic E-state index is 6.31. The number of nitrogens with zero attached hydrogens (tertiary/aromatic N) is 2. The number of rotatable bonds is 2. The van der Waals surface area contributed by atoms with Gasteiger partial charge in [-0.25, -0.2) is 0 Å². The Morgan fingerprint density at radius 1 is 1.04 bits per heavy atom. The van der Waals surface area contributed by atoms with Crippen LogP contribution in [0.1, 0.15) is 41.8 Å². The van der Waals surface area contributed by atoms with Crippen LogP contribution in [0.3, 0.4) is 0 Å². The molecule has 0 radical (unpaired) electrons. The van der Waals surface area contributed by atoms with Crippen LogP contribution in [0.4, 0.5) is 0 Å². The standard InChI is InChI=1S/C19H23ClN2S/c1-13-7-8-16(12-18(13)20)22-14(2)11-17(15(22)3)19(23)21-9-5-4-6-10-21/h7-8,11-12H,4-6,9-10H2,1-3H3. The van der Waals surface area contributed by atoms with Crippen molar-refractivity contribution < 1.29 is 0 Å². The van der Waals surface area contributed by atoms with Gasteiger partial charge in [0.15, 0.2) is 0 Å². The molecule has 0 saturated carbocycles. The lowest BCUT2D eigenvalue weighted by atomic mass is 10.1. The summed E-state index contributed by atoms with van der Waals surface area (Å²) >= 11 is 12.1. The Balaban J connectivity index is 1.98. The number of thiocarbonyl (C=S) groups is 1. The number of aromatic nitrogens is 1. The molecule has 4 heteroatoms. The number of halogens is 1. The second-order valence-electron chi connectivity index (χ2n) is 6.41. The summed E-state index contributed by atoms with van der Waals surface area (Å²) in [6.45, 7) is 8.46. The minimum Gasteiger partial charge on any atom is -0.362 e. The average molecular weight is 347 g/mol. The lowest BCUT2D eigenvalue weighted by Crippen LogP contribution is -2.35. The molecule has 122 valence electrons. The molecule has 0 unspecified atom stereocenters. The summed E-state index contributed by atoms with van der Waals surface area (Å²) < 4.78 is 2.25. The lowest BCUT2D eigenvalue weighted by Gasteiger charge is -2.29. The average Bonchev–Trinajstić information content (AvgIpc) is 2.85. The predicted molar refractivity (Wildman–Crippen MR) is 102 cm³/mol. The molecule has 1 fully saturated rings. The van der Waals surface area contributed by atoms with Gasteiger partial charge >= 0.3 is 0 Å². The van der Waals surface area contributed by atoms with Crippen molar-refractivity contribution in [1.29, 1.82) is 0 Å². The highest BCUT2D eigenvalue weighted by atomic mass is 35.5. The molecule has 1 saturated heterocycles. The third-order valence-corrected chi connectivity index (χ3v) is 5.60. The molecule has 23 heavy (non-hydrogen) atoms. The molecule has 0 N–H and O–H groups in total. The maximum Gasteiger partial charge on any atom is 0.111 e. The zero-order valence-electron chi connectivity index (χ0n) is 14.0. The fourth-order valence-electron chi connectivity index (χ4n) is 3.36. The van der Waals surface area contributed by atoms with Gasteiger partial charge in [0.05, 0.1) is 0 Å². The smallest absolute Gasteiger partial charge is 0.111 e. The first kappa shape index (κ1) is 16.5. The number of aryl methyl sites for hydroxylation is 2. The fourth-order valence-corrected chi connectivity index (χ4v) is 3.93. The summed E-state index contributed by atoms with van der Waals surface area (Å²) in [6, 6.07) is 8.43. The van der Waals surface area contributed by atoms with E-state index in [-0.39, 0.29) is 0 Å². The molecule has 0 bridgehead atoms. The van der Waals surface area contributed by atoms with E-state index in [0.717, 1.165) is 34.4 Å². The van der Waals surface area contributed by atoms with Gasteiger partial charge in [0.2, 0.25) is 0 Å². The van der Waals surface area contributed by atoms with E-state index in [1.54, 1.807) is 0 Å². The molecule has 0 amide bonds. The van der Waals surface area contributed by atoms with Gasteiger partial charge in [-0.05, 0) is 63.8 Å². The van der Waals surface area contributed by atoms with E-state index in [1.807, 2.05) is 13.0 Å². The van der Waals surface area contributed by atoms with E-state index in [0.29, 0.717) is 0 Å². The van der Waals surface area contributed by atoms with E-state index in [4.69, 9.17) is 23.8 Å². The number of hydrogen-bond acceptors (Lipinski definition) is 1. The summed E-state index contributed by atoms with van der Waals surface area (Å²) in [7, 11) is 0. The van der Waals surface area contributed by atoms with Crippen molar-refractivity contribution in [1.82, 2.24) is 9.47 Å². The number of benzene rings is 1. The van der Waals surface area contributed by atoms with Gasteiger partial charge < -0.3 is 9.47 Å². The first-order valence-electron chi connectivity index (χ1n) is 8.24. The molecule has 1 aliphatic rings. The number of likely N-dealkylation sites (tertiary alicyclic amines) is 1. The topological polar surface area (TPSA) is 8.17 Å². The molecule has 2 nitrogen and oxygen atoms in total. The molecule has 0 atom stereocenters. The molecule has 1 aromatic carbocycles. The minimum atomic E-state index is 0.801. The van der Waals surface area contributed by atoms with Gasteiger partial charge in [-0.3, -0.25) is 0 Å². The van der Waals surface area contributed by atoms with Gasteiger partial charge in [0.1, 0.15) is 4.99 Å². The van der Waals surface area contributed by atoms with Crippen molar-refractivity contribution in [3.05, 3.63) is 51.8 Å². The van der Waals surface area contributed by atoms with Gasteiger partial charge in [-0.2, -0.15) is 0 Å². The minimum absolute atomic E-state index is 0.801. The zero-order chi connectivity index (χ0) is 16.6. The van der Waals surface area contributed by atoms with Crippen LogP contribution in [0, 0.1) is 20.8 Å². The third-order valence-electron chi connectivity index (χ3n) is 4.72. The second-order valence-corrected chi connectivity index (χ2v) is 7.20. The van der Waals surface area contributed by atoms with Crippen molar-refractivity contribution in [3.63, 3.8) is 0 Å². The van der Waals surface area contributed by atoms with Crippen LogP contribution in [0.15, 0.2) is 24.3 Å². The fraction of sp³-hybridized carbons (Fsp3) is 0.421. The van der Waals surface area contributed by atoms with E-state index in [9.17, 15) is 0 Å². The Morgan fingerprint density at radius 2 is 1.74 bits per heavy atom. The van der Waals surface area contributed by atoms with Crippen molar-refractivity contribution in [3.8, 4) is 5.69 Å². The Bertz CT molecular complexity index is 742. The molecule has 2 heterocycles. The normalized spacial score (nSPS) is 15.0. The van der Waals surface area contributed by atoms with Gasteiger partial charge in [-0.1, -0.05) is 29.9 Å². The molecule has 1 aromatic heterocycles. The third kappa shape index (κ3) is 3.17. The number of hydrogen-bond donors (Lipinski definition) is 0. The molecular formula is C19H23ClN2S. The largest absolute Gasteiger partial charge is 0.362 e. The lowest BCUT2D eigenvalue weighted by molar-refractivity contribution is 0.347. The molecule has 0 spiro atoms. The first-order valence-corrected chi connectivity index (χ1v) is 9.02. The molecule has 0 aliphatic carbocycles. The highest BCUT2D eigenvalue weighted by Crippen LogP contribution is 2.26. The van der Waals surface area contributed by atoms with Crippen molar-refractivity contribution in [2.75, 3.05) is 13.1 Å². The molecular weight excluding hydrogens is 324 g/mol. The highest BCUT2D eigenvalue weighted by molar-refractivity contribution is 7.80. The zero-order valence-corrected chi connectivity index (χ0v) is 15.6. The van der Waals surface area contributed by atoms with E-state index in [1.165, 1.54) is 36.2 Å². The summed E-state index contributed by atoms with van der Waals surface area (Å²) in [5.74, 6) is 0. The van der Waals surface area contributed by atoms with Crippen molar-refractivity contribution >= 4 is 28.8 Å². The summed E-state index contributed by atoms with van der Waals surface area (Å²) in [5, 5.41) is 0.801. The van der Waals surface area contributed by atoms with E-state index < -0.39 is 0 Å². The molecule has 3 rings (SSSR count). The van der Waals surface area contributed by atoms with Crippen LogP contribution >= 0.6 is 23.8 Å². The monoisotopic (exact) mass is 346 g/mol. The van der Waals surface area contributed by atoms with E-state index >= 15 is 0 Å². The SMILES string of the molecule is Cc1ccc(-n2c(C)cc(C(=S)N3CCCCC3)c2C)cc1Cl. The van der Waals surface area contributed by atoms with Crippen molar-refractivity contribution in [2.24, 2.45) is 0 Å². The summed E-state index contributed by atoms with van der Waals surface area (Å²) in [5.41, 5.74) is 5.76. The molecule has 2 aromatic rings. The Hall–Kier alpha value is -1.32. The summed E-state index contributed by atoms with van der Waals surface area (Å²) in [4.78, 5) is 3.34. The van der Waals surface area contributed by atoms with Crippen LogP contribution in [-0.2, 0) is 0 Å². The second kappa shape index (κ2) is 6.66. The van der Waals surface area contributed by atoms with Crippen molar-refractivity contribution in [2.45, 2.75) is 40.0 Å². The van der Waals surface area contributed by atoms with E-state index in [2.05, 4.69) is 41.5 Å². The maximum absolute atomic E-state index is 6.31. The first-order chi connectivity index (χ1) is 11.0. The Kier molecular flexibility index (Phi) is 4.79. The van der Waals surface area contributed by atoms with Gasteiger partial charge in [0.25, 0.3) is 0 Å². The van der Waals surface area contributed by atoms with Crippen LogP contribution in [0.2, 0.25) is 5.02 Å². The predicted octanol–water partition coefficient (Wildman–Crippen LogP) is 5.22. The number of piperidine rings is 1. The molecule has 1 aliphatic heterocycles.